The first-order valence-electron chi connectivity index (χ1n) is 5.06. The van der Waals surface area contributed by atoms with E-state index >= 15 is 0 Å². The highest BCUT2D eigenvalue weighted by Crippen LogP contribution is 2.13. The van der Waals surface area contributed by atoms with Gasteiger partial charge in [-0.3, -0.25) is 4.79 Å². The highest BCUT2D eigenvalue weighted by molar-refractivity contribution is 6.21. The van der Waals surface area contributed by atoms with Crippen molar-refractivity contribution in [2.75, 3.05) is 6.07 Å². The fourth-order valence-corrected chi connectivity index (χ4v) is 1.60. The van der Waals surface area contributed by atoms with Crippen molar-refractivity contribution in [3.8, 4) is 0 Å². The maximum absolute atomic E-state index is 11.0. The summed E-state index contributed by atoms with van der Waals surface area (Å²) in [6.07, 6.45) is 5.84. The predicted molar refractivity (Wildman–Crippen MR) is 59.8 cm³/mol. The number of hydrogen-bond acceptors (Lipinski definition) is 2. The molecule has 0 fully saturated rings. The van der Waals surface area contributed by atoms with Gasteiger partial charge in [0.1, 0.15) is 0 Å². The van der Waals surface area contributed by atoms with Crippen LogP contribution in [0.25, 0.3) is 0 Å². The molecule has 1 unspecified atom stereocenters. The van der Waals surface area contributed by atoms with Gasteiger partial charge in [-0.05, 0) is 6.42 Å². The van der Waals surface area contributed by atoms with Crippen molar-refractivity contribution in [3.63, 3.8) is 0 Å². The van der Waals surface area contributed by atoms with Crippen molar-refractivity contribution in [1.82, 2.24) is 0 Å². The Hall–Kier alpha value is 0.0500. The average Bonchev–Trinajstić information content (AvgIpc) is 2.13. The summed E-state index contributed by atoms with van der Waals surface area (Å²) in [6.45, 7) is 2.16. The number of halogens is 2. The quantitative estimate of drug-likeness (QED) is 0.368. The van der Waals surface area contributed by atoms with E-state index in [9.17, 15) is 4.79 Å². The minimum atomic E-state index is -0.310. The number of unbranched alkanes of at least 4 members (excludes halogenated alkanes) is 3. The Bertz CT molecular complexity index is 151. The largest absolute Gasteiger partial charge is 0.449 e. The van der Waals surface area contributed by atoms with Crippen LogP contribution >= 0.6 is 23.2 Å². The number of carbonyl (C=O) groups is 1. The molecule has 0 amide bonds. The Balaban J connectivity index is 3.35. The first-order chi connectivity index (χ1) is 6.70. The highest BCUT2D eigenvalue weighted by atomic mass is 35.5. The Labute approximate surface area is 95.9 Å². The molecular formula is C10H18Cl2O2. The summed E-state index contributed by atoms with van der Waals surface area (Å²) in [4.78, 5) is 11.0. The van der Waals surface area contributed by atoms with Crippen LogP contribution in [0.4, 0.5) is 0 Å². The molecule has 0 saturated heterocycles. The topological polar surface area (TPSA) is 26.3 Å². The first-order valence-corrected chi connectivity index (χ1v) is 6.03. The van der Waals surface area contributed by atoms with Crippen LogP contribution in [0.1, 0.15) is 45.4 Å². The molecule has 84 valence electrons. The van der Waals surface area contributed by atoms with Gasteiger partial charge in [0.15, 0.2) is 6.07 Å². The lowest BCUT2D eigenvalue weighted by Gasteiger charge is -2.07. The van der Waals surface area contributed by atoms with Crippen molar-refractivity contribution < 1.29 is 9.53 Å². The van der Waals surface area contributed by atoms with E-state index in [4.69, 9.17) is 23.2 Å². The molecular weight excluding hydrogens is 223 g/mol. The van der Waals surface area contributed by atoms with Crippen molar-refractivity contribution in [2.45, 2.75) is 50.8 Å². The lowest BCUT2D eigenvalue weighted by atomic mass is 10.1. The van der Waals surface area contributed by atoms with E-state index in [1.54, 1.807) is 0 Å². The average molecular weight is 241 g/mol. The van der Waals surface area contributed by atoms with Crippen LogP contribution in [0, 0.1) is 0 Å². The van der Waals surface area contributed by atoms with E-state index in [2.05, 4.69) is 11.7 Å². The smallest absolute Gasteiger partial charge is 0.308 e. The maximum atomic E-state index is 11.0. The van der Waals surface area contributed by atoms with Crippen LogP contribution in [0.5, 0.6) is 0 Å². The molecule has 2 nitrogen and oxygen atoms in total. The van der Waals surface area contributed by atoms with E-state index in [-0.39, 0.29) is 23.8 Å². The lowest BCUT2D eigenvalue weighted by molar-refractivity contribution is -0.141. The van der Waals surface area contributed by atoms with Gasteiger partial charge in [-0.2, -0.15) is 0 Å². The van der Waals surface area contributed by atoms with Crippen molar-refractivity contribution >= 4 is 29.2 Å². The van der Waals surface area contributed by atoms with Gasteiger partial charge in [0.2, 0.25) is 0 Å². The minimum absolute atomic E-state index is 0.0850. The number of esters is 1. The maximum Gasteiger partial charge on any atom is 0.308 e. The van der Waals surface area contributed by atoms with Gasteiger partial charge in [-0.1, -0.05) is 44.2 Å². The molecule has 0 radical (unpaired) electrons. The summed E-state index contributed by atoms with van der Waals surface area (Å²) in [5.74, 6) is -0.310. The predicted octanol–water partition coefficient (Wildman–Crippen LogP) is 3.69. The summed E-state index contributed by atoms with van der Waals surface area (Å²) in [5, 5.41) is -0.109. The van der Waals surface area contributed by atoms with Gasteiger partial charge >= 0.3 is 5.97 Å². The van der Waals surface area contributed by atoms with Gasteiger partial charge in [-0.25, -0.2) is 0 Å². The standard InChI is InChI=1S/C10H18Cl2O2/c1-2-3-4-5-6-9(12)7-10(13)14-8-11/h9H,2-8H2,1H3. The van der Waals surface area contributed by atoms with Gasteiger partial charge in [-0.15, -0.1) is 11.6 Å². The molecule has 14 heavy (non-hydrogen) atoms. The van der Waals surface area contributed by atoms with Crippen LogP contribution in [-0.2, 0) is 9.53 Å². The summed E-state index contributed by atoms with van der Waals surface area (Å²) in [7, 11) is 0. The molecule has 0 N–H and O–H groups in total. The zero-order valence-corrected chi connectivity index (χ0v) is 10.1. The first kappa shape index (κ1) is 14.1. The van der Waals surface area contributed by atoms with E-state index in [0.29, 0.717) is 0 Å². The fraction of sp³-hybridized carbons (Fsp3) is 0.900. The number of rotatable bonds is 8. The molecule has 0 aromatic heterocycles. The second-order valence-corrected chi connectivity index (χ2v) is 4.11. The molecule has 0 bridgehead atoms. The number of alkyl halides is 2. The Morgan fingerprint density at radius 1 is 1.36 bits per heavy atom. The van der Waals surface area contributed by atoms with E-state index in [1.165, 1.54) is 19.3 Å². The third-order valence-electron chi connectivity index (χ3n) is 1.97. The Kier molecular flexibility index (Phi) is 9.63. The zero-order valence-electron chi connectivity index (χ0n) is 8.60. The van der Waals surface area contributed by atoms with Crippen LogP contribution in [0.3, 0.4) is 0 Å². The third-order valence-corrected chi connectivity index (χ3v) is 2.46. The highest BCUT2D eigenvalue weighted by Gasteiger charge is 2.11. The van der Waals surface area contributed by atoms with Crippen LogP contribution in [-0.4, -0.2) is 17.4 Å². The molecule has 0 spiro atoms. The zero-order chi connectivity index (χ0) is 10.8. The van der Waals surface area contributed by atoms with E-state index in [1.807, 2.05) is 0 Å². The molecule has 0 aromatic carbocycles. The Morgan fingerprint density at radius 3 is 2.64 bits per heavy atom. The van der Waals surface area contributed by atoms with Gasteiger partial charge in [0.05, 0.1) is 6.42 Å². The third kappa shape index (κ3) is 8.64. The van der Waals surface area contributed by atoms with E-state index < -0.39 is 0 Å². The summed E-state index contributed by atoms with van der Waals surface area (Å²) in [5.41, 5.74) is 0. The van der Waals surface area contributed by atoms with Crippen LogP contribution in [0.2, 0.25) is 0 Å². The molecule has 0 saturated carbocycles. The van der Waals surface area contributed by atoms with Gasteiger partial charge in [0.25, 0.3) is 0 Å². The minimum Gasteiger partial charge on any atom is -0.449 e. The molecule has 0 heterocycles. The van der Waals surface area contributed by atoms with Crippen molar-refractivity contribution in [3.05, 3.63) is 0 Å². The second kappa shape index (κ2) is 9.60. The molecule has 0 aliphatic heterocycles. The number of ether oxygens (including phenoxy) is 1. The molecule has 0 aliphatic rings. The lowest BCUT2D eigenvalue weighted by Crippen LogP contribution is -2.10. The van der Waals surface area contributed by atoms with Crippen LogP contribution in [0.15, 0.2) is 0 Å². The monoisotopic (exact) mass is 240 g/mol. The van der Waals surface area contributed by atoms with E-state index in [0.717, 1.165) is 12.8 Å². The Morgan fingerprint density at radius 2 is 2.07 bits per heavy atom. The normalized spacial score (nSPS) is 12.5. The molecule has 0 aliphatic carbocycles. The van der Waals surface area contributed by atoms with Crippen molar-refractivity contribution in [2.24, 2.45) is 0 Å². The van der Waals surface area contributed by atoms with Gasteiger partial charge in [0, 0.05) is 5.38 Å². The fourth-order valence-electron chi connectivity index (χ4n) is 1.20. The number of carbonyl (C=O) groups excluding carboxylic acids is 1. The number of hydrogen-bond donors (Lipinski definition) is 0. The van der Waals surface area contributed by atoms with Crippen LogP contribution < -0.4 is 0 Å². The van der Waals surface area contributed by atoms with Crippen molar-refractivity contribution in [1.29, 1.82) is 0 Å². The SMILES string of the molecule is CCCCCCC(Cl)CC(=O)OCCl. The summed E-state index contributed by atoms with van der Waals surface area (Å²) < 4.78 is 4.58. The second-order valence-electron chi connectivity index (χ2n) is 3.28. The molecule has 4 heteroatoms. The molecule has 0 aromatic rings. The molecule has 0 rings (SSSR count). The molecule has 1 atom stereocenters. The van der Waals surface area contributed by atoms with Gasteiger partial charge < -0.3 is 4.74 Å². The summed E-state index contributed by atoms with van der Waals surface area (Å²) >= 11 is 11.2. The summed E-state index contributed by atoms with van der Waals surface area (Å²) in [6, 6.07) is -0.0850.